The predicted octanol–water partition coefficient (Wildman–Crippen LogP) is 2.45. The van der Waals surface area contributed by atoms with Gasteiger partial charge in [-0.05, 0) is 12.0 Å². The van der Waals surface area contributed by atoms with E-state index in [-0.39, 0.29) is 0 Å². The fourth-order valence-electron chi connectivity index (χ4n) is 2.00. The highest BCUT2D eigenvalue weighted by atomic mass is 35.5. The van der Waals surface area contributed by atoms with Crippen molar-refractivity contribution in [1.82, 2.24) is 14.8 Å². The zero-order valence-electron chi connectivity index (χ0n) is 11.1. The smallest absolute Gasteiger partial charge is 0.148 e. The second-order valence-electron chi connectivity index (χ2n) is 4.30. The van der Waals surface area contributed by atoms with E-state index < -0.39 is 0 Å². The summed E-state index contributed by atoms with van der Waals surface area (Å²) in [7, 11) is 1.69. The number of aromatic nitrogens is 3. The highest BCUT2D eigenvalue weighted by molar-refractivity contribution is 6.16. The maximum Gasteiger partial charge on any atom is 0.148 e. The Kier molecular flexibility index (Phi) is 5.36. The van der Waals surface area contributed by atoms with Crippen molar-refractivity contribution in [3.8, 4) is 0 Å². The van der Waals surface area contributed by atoms with Gasteiger partial charge in [0.2, 0.25) is 0 Å². The summed E-state index contributed by atoms with van der Waals surface area (Å²) in [4.78, 5) is 0. The summed E-state index contributed by atoms with van der Waals surface area (Å²) >= 11 is 5.88. The Balaban J connectivity index is 2.05. The van der Waals surface area contributed by atoms with Crippen molar-refractivity contribution in [2.45, 2.75) is 25.3 Å². The molecule has 0 radical (unpaired) electrons. The van der Waals surface area contributed by atoms with Gasteiger partial charge >= 0.3 is 0 Å². The lowest BCUT2D eigenvalue weighted by Crippen LogP contribution is -2.11. The van der Waals surface area contributed by atoms with Crippen molar-refractivity contribution in [2.24, 2.45) is 0 Å². The normalized spacial score (nSPS) is 10.8. The zero-order valence-corrected chi connectivity index (χ0v) is 11.8. The van der Waals surface area contributed by atoms with Gasteiger partial charge in [-0.3, -0.25) is 0 Å². The molecular weight excluding hydrogens is 262 g/mol. The minimum Gasteiger partial charge on any atom is -0.383 e. The van der Waals surface area contributed by atoms with Crippen LogP contribution in [0.2, 0.25) is 0 Å². The molecule has 2 rings (SSSR count). The van der Waals surface area contributed by atoms with Crippen LogP contribution in [-0.4, -0.2) is 28.5 Å². The van der Waals surface area contributed by atoms with Gasteiger partial charge in [0.15, 0.2) is 0 Å². The van der Waals surface area contributed by atoms with Gasteiger partial charge in [-0.1, -0.05) is 30.3 Å². The summed E-state index contributed by atoms with van der Waals surface area (Å²) < 4.78 is 7.17. The number of hydrogen-bond acceptors (Lipinski definition) is 3. The number of ether oxygens (including phenoxy) is 1. The third kappa shape index (κ3) is 3.78. The van der Waals surface area contributed by atoms with Crippen molar-refractivity contribution in [3.63, 3.8) is 0 Å². The van der Waals surface area contributed by atoms with Crippen LogP contribution in [0.4, 0.5) is 0 Å². The maximum absolute atomic E-state index is 5.88. The van der Waals surface area contributed by atoms with Gasteiger partial charge in [-0.25, -0.2) is 0 Å². The van der Waals surface area contributed by atoms with Crippen LogP contribution in [0.5, 0.6) is 0 Å². The quantitative estimate of drug-likeness (QED) is 0.731. The van der Waals surface area contributed by atoms with Gasteiger partial charge in [-0.2, -0.15) is 0 Å². The molecule has 5 heteroatoms. The van der Waals surface area contributed by atoms with Crippen LogP contribution in [0, 0.1) is 0 Å². The van der Waals surface area contributed by atoms with Gasteiger partial charge in [0.1, 0.15) is 11.6 Å². The molecule has 0 fully saturated rings. The van der Waals surface area contributed by atoms with Crippen LogP contribution in [0.3, 0.4) is 0 Å². The minimum absolute atomic E-state index is 0.377. The van der Waals surface area contributed by atoms with Gasteiger partial charge in [0.25, 0.3) is 0 Å². The SMILES string of the molecule is COCCn1c(CCl)nnc1CCc1ccccc1. The molecule has 0 saturated carbocycles. The average molecular weight is 280 g/mol. The highest BCUT2D eigenvalue weighted by Gasteiger charge is 2.10. The van der Waals surface area contributed by atoms with Crippen LogP contribution in [0.15, 0.2) is 30.3 Å². The topological polar surface area (TPSA) is 39.9 Å². The molecule has 0 aliphatic carbocycles. The number of hydrogen-bond donors (Lipinski definition) is 0. The van der Waals surface area contributed by atoms with Crippen molar-refractivity contribution in [2.75, 3.05) is 13.7 Å². The van der Waals surface area contributed by atoms with Crippen LogP contribution < -0.4 is 0 Å². The van der Waals surface area contributed by atoms with Crippen molar-refractivity contribution in [1.29, 1.82) is 0 Å². The summed E-state index contributed by atoms with van der Waals surface area (Å²) in [6.45, 7) is 1.38. The summed E-state index contributed by atoms with van der Waals surface area (Å²) in [5.41, 5.74) is 1.30. The maximum atomic E-state index is 5.88. The Morgan fingerprint density at radius 1 is 1.11 bits per heavy atom. The first-order valence-electron chi connectivity index (χ1n) is 6.35. The van der Waals surface area contributed by atoms with Gasteiger partial charge < -0.3 is 9.30 Å². The lowest BCUT2D eigenvalue weighted by Gasteiger charge is -2.08. The Labute approximate surface area is 118 Å². The van der Waals surface area contributed by atoms with Crippen molar-refractivity contribution in [3.05, 3.63) is 47.5 Å². The van der Waals surface area contributed by atoms with Crippen LogP contribution in [0.25, 0.3) is 0 Å². The van der Waals surface area contributed by atoms with E-state index in [9.17, 15) is 0 Å². The molecule has 19 heavy (non-hydrogen) atoms. The second kappa shape index (κ2) is 7.26. The fraction of sp³-hybridized carbons (Fsp3) is 0.429. The molecule has 1 aromatic heterocycles. The summed E-state index contributed by atoms with van der Waals surface area (Å²) in [6, 6.07) is 10.4. The van der Waals surface area contributed by atoms with Gasteiger partial charge in [0, 0.05) is 20.1 Å². The second-order valence-corrected chi connectivity index (χ2v) is 4.56. The molecule has 0 saturated heterocycles. The van der Waals surface area contributed by atoms with Crippen LogP contribution >= 0.6 is 11.6 Å². The molecule has 2 aromatic rings. The monoisotopic (exact) mass is 279 g/mol. The molecule has 0 aliphatic heterocycles. The van der Waals surface area contributed by atoms with Gasteiger partial charge in [-0.15, -0.1) is 21.8 Å². The standard InChI is InChI=1S/C14H18ClN3O/c1-19-10-9-18-13(16-17-14(18)11-15)8-7-12-5-3-2-4-6-12/h2-6H,7-11H2,1H3. The molecule has 0 N–H and O–H groups in total. The highest BCUT2D eigenvalue weighted by Crippen LogP contribution is 2.09. The molecule has 4 nitrogen and oxygen atoms in total. The number of rotatable bonds is 7. The number of aryl methyl sites for hydroxylation is 2. The molecule has 0 aliphatic rings. The van der Waals surface area contributed by atoms with Crippen molar-refractivity contribution < 1.29 is 4.74 Å². The first kappa shape index (κ1) is 14.0. The average Bonchev–Trinajstić information content (AvgIpc) is 2.86. The van der Waals surface area contributed by atoms with E-state index in [0.717, 1.165) is 31.0 Å². The molecule has 0 spiro atoms. The molecule has 0 atom stereocenters. The van der Waals surface area contributed by atoms with Crippen molar-refractivity contribution >= 4 is 11.6 Å². The largest absolute Gasteiger partial charge is 0.383 e. The number of alkyl halides is 1. The molecule has 0 bridgehead atoms. The fourth-order valence-corrected chi connectivity index (χ4v) is 2.20. The van der Waals surface area contributed by atoms with E-state index in [1.165, 1.54) is 5.56 Å². The Morgan fingerprint density at radius 2 is 1.84 bits per heavy atom. The number of benzene rings is 1. The Bertz CT molecular complexity index is 499. The molecule has 0 unspecified atom stereocenters. The summed E-state index contributed by atoms with van der Waals surface area (Å²) in [6.07, 6.45) is 1.81. The number of nitrogens with zero attached hydrogens (tertiary/aromatic N) is 3. The number of halogens is 1. The Morgan fingerprint density at radius 3 is 2.53 bits per heavy atom. The van der Waals surface area contributed by atoms with Gasteiger partial charge in [0.05, 0.1) is 12.5 Å². The van der Waals surface area contributed by atoms with E-state index in [1.54, 1.807) is 7.11 Å². The molecule has 1 heterocycles. The third-order valence-corrected chi connectivity index (χ3v) is 3.26. The van der Waals surface area contributed by atoms with E-state index in [1.807, 2.05) is 6.07 Å². The minimum atomic E-state index is 0.377. The molecule has 0 amide bonds. The van der Waals surface area contributed by atoms with Crippen LogP contribution in [0.1, 0.15) is 17.2 Å². The first-order valence-corrected chi connectivity index (χ1v) is 6.88. The molecule has 102 valence electrons. The summed E-state index contributed by atoms with van der Waals surface area (Å²) in [5.74, 6) is 2.15. The third-order valence-electron chi connectivity index (χ3n) is 3.02. The molecule has 1 aromatic carbocycles. The van der Waals surface area contributed by atoms with E-state index in [4.69, 9.17) is 16.3 Å². The zero-order chi connectivity index (χ0) is 13.5. The summed E-state index contributed by atoms with van der Waals surface area (Å²) in [5, 5.41) is 8.35. The number of methoxy groups -OCH3 is 1. The first-order chi connectivity index (χ1) is 9.35. The van der Waals surface area contributed by atoms with E-state index in [0.29, 0.717) is 12.5 Å². The predicted molar refractivity (Wildman–Crippen MR) is 75.3 cm³/mol. The van der Waals surface area contributed by atoms with Crippen LogP contribution in [-0.2, 0) is 30.0 Å². The lowest BCUT2D eigenvalue weighted by molar-refractivity contribution is 0.185. The van der Waals surface area contributed by atoms with E-state index in [2.05, 4.69) is 39.0 Å². The Hall–Kier alpha value is -1.39. The molecular formula is C14H18ClN3O. The lowest BCUT2D eigenvalue weighted by atomic mass is 10.1. The van der Waals surface area contributed by atoms with E-state index >= 15 is 0 Å².